The Labute approximate surface area is 144 Å². The van der Waals surface area contributed by atoms with E-state index in [2.05, 4.69) is 15.5 Å². The summed E-state index contributed by atoms with van der Waals surface area (Å²) >= 11 is 1.66. The molecular weight excluding hydrogens is 322 g/mol. The van der Waals surface area contributed by atoms with Gasteiger partial charge in [0.05, 0.1) is 6.42 Å². The lowest BCUT2D eigenvalue weighted by Crippen LogP contribution is -2.14. The summed E-state index contributed by atoms with van der Waals surface area (Å²) in [6, 6.07) is 15.7. The number of nitrogens with one attached hydrogen (secondary N) is 1. The minimum Gasteiger partial charge on any atom is -0.403 e. The number of rotatable bonds is 5. The summed E-state index contributed by atoms with van der Waals surface area (Å²) in [7, 11) is 0. The number of aryl methyl sites for hydroxylation is 1. The van der Waals surface area contributed by atoms with Crippen LogP contribution in [0.15, 0.2) is 57.8 Å². The summed E-state index contributed by atoms with van der Waals surface area (Å²) < 4.78 is 5.51. The van der Waals surface area contributed by atoms with Gasteiger partial charge in [0.1, 0.15) is 0 Å². The maximum Gasteiger partial charge on any atom is 0.322 e. The third-order valence-electron chi connectivity index (χ3n) is 3.46. The Kier molecular flexibility index (Phi) is 4.96. The Hall–Kier alpha value is -2.60. The second kappa shape index (κ2) is 7.31. The Morgan fingerprint density at radius 1 is 1.17 bits per heavy atom. The Balaban J connectivity index is 1.65. The molecule has 0 fully saturated rings. The van der Waals surface area contributed by atoms with Crippen LogP contribution in [0.2, 0.25) is 0 Å². The molecule has 0 unspecified atom stereocenters. The summed E-state index contributed by atoms with van der Waals surface area (Å²) in [5.74, 6) is 0.196. The molecule has 0 spiro atoms. The zero-order valence-electron chi connectivity index (χ0n) is 13.4. The molecule has 0 bridgehead atoms. The minimum absolute atomic E-state index is 0.108. The first-order valence-corrected chi connectivity index (χ1v) is 8.70. The summed E-state index contributed by atoms with van der Waals surface area (Å²) in [6.45, 7) is 1.99. The van der Waals surface area contributed by atoms with Crippen molar-refractivity contribution in [2.75, 3.05) is 11.6 Å². The molecule has 1 amide bonds. The van der Waals surface area contributed by atoms with Crippen molar-refractivity contribution in [1.82, 2.24) is 10.2 Å². The molecule has 0 saturated heterocycles. The molecule has 1 N–H and O–H groups in total. The van der Waals surface area contributed by atoms with Crippen LogP contribution in [0.25, 0.3) is 11.5 Å². The van der Waals surface area contributed by atoms with Crippen LogP contribution < -0.4 is 5.32 Å². The van der Waals surface area contributed by atoms with E-state index in [0.717, 1.165) is 21.6 Å². The molecule has 0 aliphatic heterocycles. The average molecular weight is 339 g/mol. The number of amides is 1. The van der Waals surface area contributed by atoms with Gasteiger partial charge in [-0.25, -0.2) is 0 Å². The standard InChI is InChI=1S/C18H17N3O2S/c1-12-4-3-5-13(10-12)11-16(22)19-18-21-20-17(23-18)14-6-8-15(24-2)9-7-14/h3-10H,11H2,1-2H3,(H,19,21,22). The largest absolute Gasteiger partial charge is 0.403 e. The first-order chi connectivity index (χ1) is 11.6. The van der Waals surface area contributed by atoms with E-state index in [1.54, 1.807) is 11.8 Å². The molecule has 2 aromatic carbocycles. The van der Waals surface area contributed by atoms with Crippen molar-refractivity contribution >= 4 is 23.7 Å². The third-order valence-corrected chi connectivity index (χ3v) is 4.20. The number of nitrogens with zero attached hydrogens (tertiary/aromatic N) is 2. The van der Waals surface area contributed by atoms with Crippen molar-refractivity contribution in [1.29, 1.82) is 0 Å². The number of benzene rings is 2. The van der Waals surface area contributed by atoms with Gasteiger partial charge in [0.2, 0.25) is 11.8 Å². The van der Waals surface area contributed by atoms with Crippen molar-refractivity contribution in [3.63, 3.8) is 0 Å². The molecule has 6 heteroatoms. The van der Waals surface area contributed by atoms with Gasteiger partial charge in [-0.3, -0.25) is 10.1 Å². The molecule has 0 saturated carbocycles. The fraction of sp³-hybridized carbons (Fsp3) is 0.167. The molecule has 0 aliphatic carbocycles. The van der Waals surface area contributed by atoms with Crippen LogP contribution >= 0.6 is 11.8 Å². The fourth-order valence-corrected chi connectivity index (χ4v) is 2.70. The van der Waals surface area contributed by atoms with E-state index in [-0.39, 0.29) is 18.3 Å². The lowest BCUT2D eigenvalue weighted by molar-refractivity contribution is -0.115. The first-order valence-electron chi connectivity index (χ1n) is 7.47. The van der Waals surface area contributed by atoms with Crippen molar-refractivity contribution in [2.24, 2.45) is 0 Å². The number of aromatic nitrogens is 2. The number of anilines is 1. The highest BCUT2D eigenvalue weighted by Crippen LogP contribution is 2.23. The minimum atomic E-state index is -0.187. The molecule has 3 rings (SSSR count). The number of hydrogen-bond acceptors (Lipinski definition) is 5. The van der Waals surface area contributed by atoms with Gasteiger partial charge in [-0.2, -0.15) is 0 Å². The number of carbonyl (C=O) groups excluding carboxylic acids is 1. The van der Waals surface area contributed by atoms with E-state index < -0.39 is 0 Å². The Morgan fingerprint density at radius 3 is 2.67 bits per heavy atom. The van der Waals surface area contributed by atoms with Crippen LogP contribution in [0.1, 0.15) is 11.1 Å². The molecule has 0 aliphatic rings. The van der Waals surface area contributed by atoms with Crippen LogP contribution in [0, 0.1) is 6.92 Å². The summed E-state index contributed by atoms with van der Waals surface area (Å²) in [6.07, 6.45) is 2.28. The topological polar surface area (TPSA) is 68.0 Å². The van der Waals surface area contributed by atoms with E-state index in [0.29, 0.717) is 5.89 Å². The van der Waals surface area contributed by atoms with Crippen molar-refractivity contribution < 1.29 is 9.21 Å². The molecule has 0 atom stereocenters. The molecular formula is C18H17N3O2S. The fourth-order valence-electron chi connectivity index (χ4n) is 2.29. The molecule has 24 heavy (non-hydrogen) atoms. The SMILES string of the molecule is CSc1ccc(-c2nnc(NC(=O)Cc3cccc(C)c3)o2)cc1. The van der Waals surface area contributed by atoms with Gasteiger partial charge in [0, 0.05) is 10.5 Å². The van der Waals surface area contributed by atoms with Gasteiger partial charge in [-0.15, -0.1) is 16.9 Å². The lowest BCUT2D eigenvalue weighted by atomic mass is 10.1. The van der Waals surface area contributed by atoms with Crippen molar-refractivity contribution in [2.45, 2.75) is 18.2 Å². The Bertz CT molecular complexity index is 843. The third kappa shape index (κ3) is 4.02. The van der Waals surface area contributed by atoms with Gasteiger partial charge >= 0.3 is 6.01 Å². The zero-order valence-corrected chi connectivity index (χ0v) is 14.3. The second-order valence-electron chi connectivity index (χ2n) is 5.35. The number of hydrogen-bond donors (Lipinski definition) is 1. The van der Waals surface area contributed by atoms with E-state index in [1.807, 2.05) is 61.7 Å². The molecule has 1 heterocycles. The van der Waals surface area contributed by atoms with Crippen LogP contribution in [0.3, 0.4) is 0 Å². The molecule has 0 radical (unpaired) electrons. The van der Waals surface area contributed by atoms with E-state index >= 15 is 0 Å². The van der Waals surface area contributed by atoms with Crippen LogP contribution in [-0.2, 0) is 11.2 Å². The zero-order chi connectivity index (χ0) is 16.9. The number of thioether (sulfide) groups is 1. The van der Waals surface area contributed by atoms with Crippen LogP contribution in [0.5, 0.6) is 0 Å². The molecule has 3 aromatic rings. The first kappa shape index (κ1) is 16.3. The van der Waals surface area contributed by atoms with E-state index in [1.165, 1.54) is 0 Å². The molecule has 1 aromatic heterocycles. The summed E-state index contributed by atoms with van der Waals surface area (Å²) in [5.41, 5.74) is 2.88. The maximum atomic E-state index is 12.1. The van der Waals surface area contributed by atoms with Crippen molar-refractivity contribution in [3.05, 3.63) is 59.7 Å². The monoisotopic (exact) mass is 339 g/mol. The second-order valence-corrected chi connectivity index (χ2v) is 6.23. The van der Waals surface area contributed by atoms with E-state index in [4.69, 9.17) is 4.42 Å². The maximum absolute atomic E-state index is 12.1. The summed E-state index contributed by atoms with van der Waals surface area (Å²) in [5, 5.41) is 10.5. The van der Waals surface area contributed by atoms with Crippen LogP contribution in [-0.4, -0.2) is 22.4 Å². The van der Waals surface area contributed by atoms with Gasteiger partial charge in [0.15, 0.2) is 0 Å². The Morgan fingerprint density at radius 2 is 1.96 bits per heavy atom. The highest BCUT2D eigenvalue weighted by atomic mass is 32.2. The predicted molar refractivity (Wildman–Crippen MR) is 95.0 cm³/mol. The molecule has 122 valence electrons. The summed E-state index contributed by atoms with van der Waals surface area (Å²) in [4.78, 5) is 13.2. The smallest absolute Gasteiger partial charge is 0.322 e. The van der Waals surface area contributed by atoms with Gasteiger partial charge in [-0.05, 0) is 43.0 Å². The molecule has 5 nitrogen and oxygen atoms in total. The average Bonchev–Trinajstić information content (AvgIpc) is 3.03. The quantitative estimate of drug-likeness (QED) is 0.713. The highest BCUT2D eigenvalue weighted by Gasteiger charge is 2.12. The lowest BCUT2D eigenvalue weighted by Gasteiger charge is -2.02. The number of carbonyl (C=O) groups is 1. The highest BCUT2D eigenvalue weighted by molar-refractivity contribution is 7.98. The van der Waals surface area contributed by atoms with Crippen molar-refractivity contribution in [3.8, 4) is 11.5 Å². The van der Waals surface area contributed by atoms with E-state index in [9.17, 15) is 4.79 Å². The van der Waals surface area contributed by atoms with Crippen LogP contribution in [0.4, 0.5) is 6.01 Å². The van der Waals surface area contributed by atoms with Gasteiger partial charge < -0.3 is 4.42 Å². The van der Waals surface area contributed by atoms with Gasteiger partial charge in [0.25, 0.3) is 0 Å². The normalized spacial score (nSPS) is 10.6. The predicted octanol–water partition coefficient (Wildman–Crippen LogP) is 3.95. The van der Waals surface area contributed by atoms with Gasteiger partial charge in [-0.1, -0.05) is 34.9 Å².